The van der Waals surface area contributed by atoms with Gasteiger partial charge in [-0.1, -0.05) is 0 Å². The Labute approximate surface area is 76.9 Å². The number of hydrogen-bond donors (Lipinski definition) is 2. The molecule has 0 aliphatic carbocycles. The minimum absolute atomic E-state index is 0.318. The van der Waals surface area contributed by atoms with Crippen molar-refractivity contribution in [1.29, 1.82) is 0 Å². The molecule has 1 saturated heterocycles. The van der Waals surface area contributed by atoms with E-state index in [0.717, 1.165) is 0 Å². The van der Waals surface area contributed by atoms with Gasteiger partial charge >= 0.3 is 5.97 Å². The average Bonchev–Trinajstić information content (AvgIpc) is 2.43. The molecular formula is C8H15NO4. The monoisotopic (exact) mass is 189 g/mol. The Bertz CT molecular complexity index is 185. The smallest absolute Gasteiger partial charge is 0.321 e. The van der Waals surface area contributed by atoms with Gasteiger partial charge in [0, 0.05) is 26.6 Å². The Morgan fingerprint density at radius 2 is 2.38 bits per heavy atom. The first-order valence-corrected chi connectivity index (χ1v) is 4.29. The summed E-state index contributed by atoms with van der Waals surface area (Å²) < 4.78 is 4.85. The topological polar surface area (TPSA) is 70.0 Å². The number of ether oxygens (including phenoxy) is 1. The maximum atomic E-state index is 10.7. The second-order valence-electron chi connectivity index (χ2n) is 3.23. The summed E-state index contributed by atoms with van der Waals surface area (Å²) in [4.78, 5) is 12.5. The SMILES string of the molecule is COCCN1CC(O)CC1C(=O)O. The van der Waals surface area contributed by atoms with E-state index in [9.17, 15) is 9.90 Å². The maximum absolute atomic E-state index is 10.7. The van der Waals surface area contributed by atoms with Crippen molar-refractivity contribution >= 4 is 5.97 Å². The van der Waals surface area contributed by atoms with Gasteiger partial charge in [-0.25, -0.2) is 0 Å². The summed E-state index contributed by atoms with van der Waals surface area (Å²) in [6.45, 7) is 1.49. The Morgan fingerprint density at radius 1 is 1.69 bits per heavy atom. The second-order valence-corrected chi connectivity index (χ2v) is 3.23. The van der Waals surface area contributed by atoms with Gasteiger partial charge in [-0.2, -0.15) is 0 Å². The van der Waals surface area contributed by atoms with E-state index in [1.807, 2.05) is 0 Å². The summed E-state index contributed by atoms with van der Waals surface area (Å²) in [5, 5.41) is 18.1. The van der Waals surface area contributed by atoms with E-state index >= 15 is 0 Å². The highest BCUT2D eigenvalue weighted by Gasteiger charge is 2.35. The first-order valence-electron chi connectivity index (χ1n) is 4.29. The molecule has 13 heavy (non-hydrogen) atoms. The number of carbonyl (C=O) groups is 1. The van der Waals surface area contributed by atoms with Crippen molar-refractivity contribution < 1.29 is 19.7 Å². The van der Waals surface area contributed by atoms with Gasteiger partial charge in [-0.15, -0.1) is 0 Å². The van der Waals surface area contributed by atoms with Crippen LogP contribution >= 0.6 is 0 Å². The number of methoxy groups -OCH3 is 1. The quantitative estimate of drug-likeness (QED) is 0.603. The summed E-state index contributed by atoms with van der Waals surface area (Å²) in [6.07, 6.45) is -0.197. The molecule has 2 unspecified atom stereocenters. The molecule has 0 radical (unpaired) electrons. The van der Waals surface area contributed by atoms with Crippen LogP contribution in [0.3, 0.4) is 0 Å². The number of likely N-dealkylation sites (tertiary alicyclic amines) is 1. The number of β-amino-alcohol motifs (C(OH)–C–C–N with tert-alkyl or cyclic N) is 1. The van der Waals surface area contributed by atoms with Crippen molar-refractivity contribution in [2.24, 2.45) is 0 Å². The molecule has 5 heteroatoms. The largest absolute Gasteiger partial charge is 0.480 e. The Morgan fingerprint density at radius 3 is 2.92 bits per heavy atom. The molecule has 1 rings (SSSR count). The van der Waals surface area contributed by atoms with E-state index in [4.69, 9.17) is 9.84 Å². The number of hydrogen-bond acceptors (Lipinski definition) is 4. The Kier molecular flexibility index (Phi) is 3.65. The van der Waals surface area contributed by atoms with Crippen LogP contribution in [-0.2, 0) is 9.53 Å². The van der Waals surface area contributed by atoms with Crippen molar-refractivity contribution in [3.05, 3.63) is 0 Å². The van der Waals surface area contributed by atoms with Gasteiger partial charge in [-0.3, -0.25) is 9.69 Å². The van der Waals surface area contributed by atoms with Gasteiger partial charge in [0.1, 0.15) is 6.04 Å². The standard InChI is InChI=1S/C8H15NO4/c1-13-3-2-9-5-6(10)4-7(9)8(11)12/h6-7,10H,2-5H2,1H3,(H,11,12). The molecule has 1 fully saturated rings. The summed E-state index contributed by atoms with van der Waals surface area (Å²) in [5.74, 6) is -0.868. The predicted molar refractivity (Wildman–Crippen MR) is 45.5 cm³/mol. The van der Waals surface area contributed by atoms with Crippen LogP contribution in [0.1, 0.15) is 6.42 Å². The number of aliphatic hydroxyl groups is 1. The Balaban J connectivity index is 2.45. The van der Waals surface area contributed by atoms with Gasteiger partial charge < -0.3 is 14.9 Å². The summed E-state index contributed by atoms with van der Waals surface area (Å²) >= 11 is 0. The number of nitrogens with zero attached hydrogens (tertiary/aromatic N) is 1. The summed E-state index contributed by atoms with van der Waals surface area (Å²) in [7, 11) is 1.57. The lowest BCUT2D eigenvalue weighted by atomic mass is 10.2. The van der Waals surface area contributed by atoms with Crippen LogP contribution in [0.15, 0.2) is 0 Å². The number of carboxylic acids is 1. The number of rotatable bonds is 4. The minimum Gasteiger partial charge on any atom is -0.480 e. The van der Waals surface area contributed by atoms with E-state index in [1.54, 1.807) is 12.0 Å². The van der Waals surface area contributed by atoms with Crippen LogP contribution in [0, 0.1) is 0 Å². The maximum Gasteiger partial charge on any atom is 0.321 e. The first kappa shape index (κ1) is 10.4. The van der Waals surface area contributed by atoms with Crippen LogP contribution < -0.4 is 0 Å². The van der Waals surface area contributed by atoms with Gasteiger partial charge in [0.25, 0.3) is 0 Å². The second kappa shape index (κ2) is 4.55. The fourth-order valence-electron chi connectivity index (χ4n) is 1.59. The molecule has 0 bridgehead atoms. The molecule has 0 aromatic heterocycles. The van der Waals surface area contributed by atoms with Crippen molar-refractivity contribution in [2.45, 2.75) is 18.6 Å². The number of aliphatic carboxylic acids is 1. The molecular weight excluding hydrogens is 174 g/mol. The fraction of sp³-hybridized carbons (Fsp3) is 0.875. The van der Waals surface area contributed by atoms with Crippen LogP contribution in [0.2, 0.25) is 0 Å². The van der Waals surface area contributed by atoms with E-state index < -0.39 is 18.1 Å². The predicted octanol–water partition coefficient (Wildman–Crippen LogP) is -0.847. The minimum atomic E-state index is -0.868. The highest BCUT2D eigenvalue weighted by atomic mass is 16.5. The van der Waals surface area contributed by atoms with Crippen LogP contribution in [0.5, 0.6) is 0 Å². The third-order valence-corrected chi connectivity index (χ3v) is 2.25. The lowest BCUT2D eigenvalue weighted by Gasteiger charge is -2.19. The third kappa shape index (κ3) is 2.65. The molecule has 0 saturated carbocycles. The highest BCUT2D eigenvalue weighted by Crippen LogP contribution is 2.17. The molecule has 0 spiro atoms. The summed E-state index contributed by atoms with van der Waals surface area (Å²) in [6, 6.07) is -0.551. The van der Waals surface area contributed by atoms with Gasteiger partial charge in [-0.05, 0) is 0 Å². The van der Waals surface area contributed by atoms with Crippen LogP contribution in [0.25, 0.3) is 0 Å². The molecule has 2 N–H and O–H groups in total. The van der Waals surface area contributed by atoms with E-state index in [2.05, 4.69) is 0 Å². The highest BCUT2D eigenvalue weighted by molar-refractivity contribution is 5.74. The van der Waals surface area contributed by atoms with Crippen molar-refractivity contribution in [3.63, 3.8) is 0 Å². The van der Waals surface area contributed by atoms with Crippen molar-refractivity contribution in [3.8, 4) is 0 Å². The van der Waals surface area contributed by atoms with E-state index in [-0.39, 0.29) is 0 Å². The number of aliphatic hydroxyl groups excluding tert-OH is 1. The van der Waals surface area contributed by atoms with Crippen molar-refractivity contribution in [2.75, 3.05) is 26.8 Å². The van der Waals surface area contributed by atoms with Crippen molar-refractivity contribution in [1.82, 2.24) is 4.90 Å². The van der Waals surface area contributed by atoms with E-state index in [0.29, 0.717) is 26.1 Å². The molecule has 0 aromatic carbocycles. The lowest BCUT2D eigenvalue weighted by molar-refractivity contribution is -0.142. The Hall–Kier alpha value is -0.650. The average molecular weight is 189 g/mol. The van der Waals surface area contributed by atoms with Gasteiger partial charge in [0.05, 0.1) is 12.7 Å². The molecule has 1 aliphatic heterocycles. The molecule has 0 amide bonds. The van der Waals surface area contributed by atoms with Gasteiger partial charge in [0.2, 0.25) is 0 Å². The summed E-state index contributed by atoms with van der Waals surface area (Å²) in [5.41, 5.74) is 0. The fourth-order valence-corrected chi connectivity index (χ4v) is 1.59. The normalized spacial score (nSPS) is 29.4. The van der Waals surface area contributed by atoms with Gasteiger partial charge in [0.15, 0.2) is 0 Å². The molecule has 5 nitrogen and oxygen atoms in total. The lowest BCUT2D eigenvalue weighted by Crippen LogP contribution is -2.38. The third-order valence-electron chi connectivity index (χ3n) is 2.25. The molecule has 1 heterocycles. The zero-order valence-corrected chi connectivity index (χ0v) is 7.64. The van der Waals surface area contributed by atoms with E-state index in [1.165, 1.54) is 0 Å². The van der Waals surface area contributed by atoms with Crippen LogP contribution in [0.4, 0.5) is 0 Å². The number of carboxylic acid groups (broad SMARTS) is 1. The molecule has 76 valence electrons. The molecule has 2 atom stereocenters. The van der Waals surface area contributed by atoms with Crippen LogP contribution in [-0.4, -0.2) is 60.0 Å². The first-order chi connectivity index (χ1) is 6.15. The zero-order valence-electron chi connectivity index (χ0n) is 7.64. The molecule has 0 aromatic rings. The molecule has 1 aliphatic rings. The zero-order chi connectivity index (χ0) is 9.84.